The van der Waals surface area contributed by atoms with Gasteiger partial charge in [-0.25, -0.2) is 4.68 Å². The molecular weight excluding hydrogens is 756 g/mol. The molecule has 2 N–H and O–H groups in total. The molecule has 1 unspecified atom stereocenters. The first-order valence-electron chi connectivity index (χ1n) is 20.1. The molecule has 4 heterocycles. The highest BCUT2D eigenvalue weighted by atomic mass is 35.5. The smallest absolute Gasteiger partial charge is 0.275 e. The SMILES string of the molecule is CC1(C)C(NC(=O)c2ccc(N3CCC(CN4CCN(c5ccc6c(=O)n([C@@H]7CCC(=O)NC7=O)ncc6c5)CC4)C3)cc2)C(C)(C)C1Oc1ccc(C#N)c(Cl)c1. The quantitative estimate of drug-likeness (QED) is 0.217. The minimum atomic E-state index is -0.785. The summed E-state index contributed by atoms with van der Waals surface area (Å²) in [6, 6.07) is 20.0. The maximum atomic E-state index is 13.5. The Morgan fingerprint density at radius 3 is 2.34 bits per heavy atom. The summed E-state index contributed by atoms with van der Waals surface area (Å²) in [5.41, 5.74) is 2.17. The van der Waals surface area contributed by atoms with Gasteiger partial charge in [0.25, 0.3) is 17.4 Å². The number of benzene rings is 3. The van der Waals surface area contributed by atoms with Crippen molar-refractivity contribution < 1.29 is 19.1 Å². The molecule has 0 bridgehead atoms. The van der Waals surface area contributed by atoms with E-state index in [0.29, 0.717) is 33.2 Å². The molecule has 4 fully saturated rings. The minimum Gasteiger partial charge on any atom is -0.489 e. The van der Waals surface area contributed by atoms with Gasteiger partial charge in [0, 0.05) is 97.5 Å². The first-order chi connectivity index (χ1) is 27.7. The number of nitrogens with one attached hydrogen (secondary N) is 2. The van der Waals surface area contributed by atoms with Gasteiger partial charge in [0.05, 0.1) is 22.2 Å². The molecule has 58 heavy (non-hydrogen) atoms. The Balaban J connectivity index is 0.812. The Morgan fingerprint density at radius 1 is 0.931 bits per heavy atom. The van der Waals surface area contributed by atoms with E-state index in [9.17, 15) is 24.4 Å². The Labute approximate surface area is 342 Å². The van der Waals surface area contributed by atoms with Crippen LogP contribution >= 0.6 is 11.6 Å². The number of halogens is 1. The topological polar surface area (TPSA) is 153 Å². The summed E-state index contributed by atoms with van der Waals surface area (Å²) in [7, 11) is 0. The molecule has 1 aliphatic carbocycles. The molecule has 13 nitrogen and oxygen atoms in total. The average Bonchev–Trinajstić information content (AvgIpc) is 3.68. The number of ether oxygens (including phenoxy) is 1. The third kappa shape index (κ3) is 7.39. The summed E-state index contributed by atoms with van der Waals surface area (Å²) in [6.45, 7) is 15.0. The highest BCUT2D eigenvalue weighted by molar-refractivity contribution is 6.31. The van der Waals surface area contributed by atoms with Crippen LogP contribution in [0.1, 0.15) is 68.9 Å². The summed E-state index contributed by atoms with van der Waals surface area (Å²) in [5.74, 6) is 0.223. The van der Waals surface area contributed by atoms with Crippen LogP contribution in [-0.2, 0) is 9.59 Å². The van der Waals surface area contributed by atoms with Gasteiger partial charge in [-0.2, -0.15) is 10.4 Å². The summed E-state index contributed by atoms with van der Waals surface area (Å²) < 4.78 is 7.59. The van der Waals surface area contributed by atoms with Gasteiger partial charge in [-0.1, -0.05) is 39.3 Å². The molecule has 0 spiro atoms. The number of carbonyl (C=O) groups excluding carboxylic acids is 3. The van der Waals surface area contributed by atoms with Crippen molar-refractivity contribution in [3.63, 3.8) is 0 Å². The van der Waals surface area contributed by atoms with E-state index in [1.165, 1.54) is 4.68 Å². The summed E-state index contributed by atoms with van der Waals surface area (Å²) in [6.07, 6.45) is 3.01. The van der Waals surface area contributed by atoms with Crippen LogP contribution in [0.3, 0.4) is 0 Å². The highest BCUT2D eigenvalue weighted by Gasteiger charge is 2.64. The van der Waals surface area contributed by atoms with Crippen LogP contribution in [0.25, 0.3) is 10.8 Å². The van der Waals surface area contributed by atoms with Crippen molar-refractivity contribution in [3.8, 4) is 11.8 Å². The third-order valence-corrected chi connectivity index (χ3v) is 13.1. The number of rotatable bonds is 9. The Hall–Kier alpha value is -5.45. The number of nitrogens with zero attached hydrogens (tertiary/aromatic N) is 6. The molecule has 14 heteroatoms. The molecule has 2 atom stereocenters. The second-order valence-corrected chi connectivity index (χ2v) is 17.8. The number of piperazine rings is 1. The number of hydrogen-bond acceptors (Lipinski definition) is 10. The molecule has 3 saturated heterocycles. The van der Waals surface area contributed by atoms with E-state index in [2.05, 4.69) is 76.3 Å². The molecular formula is C44H49ClN8O5. The van der Waals surface area contributed by atoms with E-state index in [1.54, 1.807) is 24.4 Å². The van der Waals surface area contributed by atoms with Crippen molar-refractivity contribution in [2.45, 2.75) is 65.1 Å². The number of nitriles is 1. The second kappa shape index (κ2) is 15.4. The zero-order valence-corrected chi connectivity index (χ0v) is 34.1. The zero-order chi connectivity index (χ0) is 40.9. The molecule has 302 valence electrons. The van der Waals surface area contributed by atoms with Crippen LogP contribution in [0.5, 0.6) is 5.75 Å². The van der Waals surface area contributed by atoms with Crippen LogP contribution in [0.4, 0.5) is 11.4 Å². The van der Waals surface area contributed by atoms with Gasteiger partial charge in [0.15, 0.2) is 0 Å². The van der Waals surface area contributed by atoms with Crippen molar-refractivity contribution in [3.05, 3.63) is 93.4 Å². The number of hydrogen-bond donors (Lipinski definition) is 2. The zero-order valence-electron chi connectivity index (χ0n) is 33.3. The molecule has 1 aromatic heterocycles. The van der Waals surface area contributed by atoms with Crippen molar-refractivity contribution in [2.75, 3.05) is 55.6 Å². The minimum absolute atomic E-state index is 0.107. The number of carbonyl (C=O) groups is 3. The lowest BCUT2D eigenvalue weighted by Gasteiger charge is -2.63. The fourth-order valence-electron chi connectivity index (χ4n) is 9.89. The normalized spacial score (nSPS) is 24.2. The van der Waals surface area contributed by atoms with E-state index in [-0.39, 0.29) is 53.2 Å². The summed E-state index contributed by atoms with van der Waals surface area (Å²) in [5, 5.41) is 20.7. The van der Waals surface area contributed by atoms with Crippen molar-refractivity contribution in [1.82, 2.24) is 25.3 Å². The van der Waals surface area contributed by atoms with E-state index in [0.717, 1.165) is 69.0 Å². The first kappa shape index (κ1) is 39.4. The van der Waals surface area contributed by atoms with Crippen LogP contribution in [0.2, 0.25) is 5.02 Å². The third-order valence-electron chi connectivity index (χ3n) is 12.8. The van der Waals surface area contributed by atoms with E-state index < -0.39 is 11.9 Å². The Bertz CT molecular complexity index is 2350. The maximum Gasteiger partial charge on any atom is 0.275 e. The predicted octanol–water partition coefficient (Wildman–Crippen LogP) is 5.16. The Kier molecular flexibility index (Phi) is 10.4. The van der Waals surface area contributed by atoms with Crippen molar-refractivity contribution in [2.24, 2.45) is 16.7 Å². The van der Waals surface area contributed by atoms with Gasteiger partial charge < -0.3 is 19.9 Å². The van der Waals surface area contributed by atoms with Gasteiger partial charge in [-0.15, -0.1) is 0 Å². The molecule has 0 radical (unpaired) electrons. The highest BCUT2D eigenvalue weighted by Crippen LogP contribution is 2.55. The van der Waals surface area contributed by atoms with Gasteiger partial charge in [-0.3, -0.25) is 29.4 Å². The second-order valence-electron chi connectivity index (χ2n) is 17.4. The van der Waals surface area contributed by atoms with Crippen molar-refractivity contribution in [1.29, 1.82) is 5.26 Å². The number of imide groups is 1. The van der Waals surface area contributed by atoms with Crippen LogP contribution in [0, 0.1) is 28.1 Å². The number of fused-ring (bicyclic) bond motifs is 1. The molecule has 4 aliphatic rings. The summed E-state index contributed by atoms with van der Waals surface area (Å²) >= 11 is 6.26. The van der Waals surface area contributed by atoms with Gasteiger partial charge >= 0.3 is 0 Å². The first-order valence-corrected chi connectivity index (χ1v) is 20.5. The largest absolute Gasteiger partial charge is 0.489 e. The summed E-state index contributed by atoms with van der Waals surface area (Å²) in [4.78, 5) is 58.0. The number of amides is 3. The van der Waals surface area contributed by atoms with Gasteiger partial charge in [0.2, 0.25) is 5.91 Å². The molecule has 1 saturated carbocycles. The molecule has 3 amide bonds. The molecule has 8 rings (SSSR count). The van der Waals surface area contributed by atoms with E-state index in [1.807, 2.05) is 30.3 Å². The lowest BCUT2D eigenvalue weighted by atomic mass is 9.49. The molecule has 3 aliphatic heterocycles. The number of anilines is 2. The van der Waals surface area contributed by atoms with E-state index in [4.69, 9.17) is 16.3 Å². The van der Waals surface area contributed by atoms with Gasteiger partial charge in [0.1, 0.15) is 24.0 Å². The lowest BCUT2D eigenvalue weighted by molar-refractivity contribution is -0.164. The fourth-order valence-corrected chi connectivity index (χ4v) is 10.1. The van der Waals surface area contributed by atoms with Crippen LogP contribution in [0.15, 0.2) is 71.7 Å². The van der Waals surface area contributed by atoms with Crippen LogP contribution in [-0.4, -0.2) is 90.4 Å². The van der Waals surface area contributed by atoms with Crippen molar-refractivity contribution >= 4 is 51.5 Å². The fraction of sp³-hybridized carbons (Fsp3) is 0.455. The predicted molar refractivity (Wildman–Crippen MR) is 222 cm³/mol. The number of piperidine rings is 1. The van der Waals surface area contributed by atoms with Crippen LogP contribution < -0.4 is 30.7 Å². The van der Waals surface area contributed by atoms with Gasteiger partial charge in [-0.05, 0) is 73.4 Å². The molecule has 4 aromatic rings. The Morgan fingerprint density at radius 2 is 1.66 bits per heavy atom. The maximum absolute atomic E-state index is 13.5. The van der Waals surface area contributed by atoms with E-state index >= 15 is 0 Å². The number of aromatic nitrogens is 2. The standard InChI is InChI=1S/C44H49ClN8O5/c1-43(2)41(44(3,4)42(43)58-33-11-7-29(23-46)35(45)22-33)49-38(55)28-5-8-31(9-6-28)52-16-15-27(26-52)25-50-17-19-51(20-18-50)32-10-12-34-30(21-32)24-47-53(40(34)57)36-13-14-37(54)48-39(36)56/h5-12,21-22,24,27,36,41-42H,13-20,25-26H2,1-4H3,(H,49,55)(H,48,54,56)/t27?,36-,41?,42?/m1/s1. The molecule has 3 aromatic carbocycles. The lowest BCUT2D eigenvalue weighted by Crippen LogP contribution is -2.74. The average molecular weight is 805 g/mol. The monoisotopic (exact) mass is 804 g/mol.